The topological polar surface area (TPSA) is 124 Å². The van der Waals surface area contributed by atoms with E-state index in [-0.39, 0.29) is 17.8 Å². The molecule has 33 heavy (non-hydrogen) atoms. The van der Waals surface area contributed by atoms with Gasteiger partial charge in [0.1, 0.15) is 17.6 Å². The molecule has 1 atom stereocenters. The molecule has 174 valence electrons. The van der Waals surface area contributed by atoms with E-state index in [0.29, 0.717) is 31.3 Å². The second-order valence-electron chi connectivity index (χ2n) is 8.32. The van der Waals surface area contributed by atoms with Crippen molar-refractivity contribution in [3.05, 3.63) is 36.2 Å². The van der Waals surface area contributed by atoms with Crippen LogP contribution in [0.1, 0.15) is 25.0 Å². The van der Waals surface area contributed by atoms with Crippen molar-refractivity contribution in [1.29, 1.82) is 5.26 Å². The monoisotopic (exact) mass is 450 g/mol. The van der Waals surface area contributed by atoms with Crippen LogP contribution in [0.15, 0.2) is 30.5 Å². The Kier molecular flexibility index (Phi) is 7.10. The van der Waals surface area contributed by atoms with E-state index in [1.807, 2.05) is 36.2 Å². The van der Waals surface area contributed by atoms with Crippen molar-refractivity contribution in [2.75, 3.05) is 56.6 Å². The van der Waals surface area contributed by atoms with Crippen LogP contribution >= 0.6 is 0 Å². The summed E-state index contributed by atoms with van der Waals surface area (Å²) in [4.78, 5) is 27.3. The second-order valence-corrected chi connectivity index (χ2v) is 8.32. The number of hydrogen-bond donors (Lipinski definition) is 2. The van der Waals surface area contributed by atoms with Gasteiger partial charge in [-0.3, -0.25) is 0 Å². The van der Waals surface area contributed by atoms with Gasteiger partial charge in [-0.25, -0.2) is 14.8 Å². The van der Waals surface area contributed by atoms with E-state index in [9.17, 15) is 10.1 Å². The third-order valence-corrected chi connectivity index (χ3v) is 6.01. The van der Waals surface area contributed by atoms with Gasteiger partial charge < -0.3 is 30.5 Å². The summed E-state index contributed by atoms with van der Waals surface area (Å²) in [5.74, 6) is 1.87. The van der Waals surface area contributed by atoms with Crippen molar-refractivity contribution < 1.29 is 9.53 Å². The molecule has 3 heterocycles. The molecular formula is C23H30N8O2. The molecule has 4 rings (SSSR count). The lowest BCUT2D eigenvalue weighted by Gasteiger charge is -2.37. The number of likely N-dealkylation sites (N-methyl/N-ethyl adjacent to an activating group) is 1. The number of carbonyl (C=O) groups is 1. The van der Waals surface area contributed by atoms with Gasteiger partial charge in [0.15, 0.2) is 11.5 Å². The number of carbonyl (C=O) groups excluding carboxylic acids is 1. The smallest absolute Gasteiger partial charge is 0.320 e. The standard InChI is InChI=1S/C23H30N8O2/c1-29-11-12-31(23(29)32)18-4-2-10-30(16-18)21-15-26-20(14-25)22(28-21)27-17-5-7-19(8-6-17)33-13-3-9-24/h5-8,15,18H,2-4,9-13,16,24H2,1H3,(H,27,28). The zero-order valence-corrected chi connectivity index (χ0v) is 18.9. The van der Waals surface area contributed by atoms with Crippen LogP contribution in [0.25, 0.3) is 0 Å². The van der Waals surface area contributed by atoms with Gasteiger partial charge in [-0.1, -0.05) is 0 Å². The quantitative estimate of drug-likeness (QED) is 0.587. The summed E-state index contributed by atoms with van der Waals surface area (Å²) in [6, 6.07) is 9.82. The number of ether oxygens (including phenoxy) is 1. The van der Waals surface area contributed by atoms with Gasteiger partial charge in [-0.05, 0) is 50.1 Å². The fraction of sp³-hybridized carbons (Fsp3) is 0.478. The first-order valence-electron chi connectivity index (χ1n) is 11.3. The lowest BCUT2D eigenvalue weighted by molar-refractivity contribution is 0.175. The normalized spacial score (nSPS) is 18.4. The molecule has 10 heteroatoms. The molecule has 0 spiro atoms. The predicted molar refractivity (Wildman–Crippen MR) is 126 cm³/mol. The lowest BCUT2D eigenvalue weighted by atomic mass is 10.0. The highest BCUT2D eigenvalue weighted by Crippen LogP contribution is 2.26. The average Bonchev–Trinajstić information content (AvgIpc) is 3.18. The van der Waals surface area contributed by atoms with Crippen molar-refractivity contribution in [2.45, 2.75) is 25.3 Å². The van der Waals surface area contributed by atoms with Crippen LogP contribution in [-0.2, 0) is 0 Å². The molecule has 1 aromatic heterocycles. The summed E-state index contributed by atoms with van der Waals surface area (Å²) < 4.78 is 5.64. The number of aromatic nitrogens is 2. The third-order valence-electron chi connectivity index (χ3n) is 6.01. The van der Waals surface area contributed by atoms with Crippen molar-refractivity contribution in [1.82, 2.24) is 19.8 Å². The van der Waals surface area contributed by atoms with Gasteiger partial charge in [0.25, 0.3) is 0 Å². The highest BCUT2D eigenvalue weighted by molar-refractivity contribution is 5.76. The van der Waals surface area contributed by atoms with Crippen LogP contribution in [0.5, 0.6) is 5.75 Å². The molecule has 0 bridgehead atoms. The molecule has 3 N–H and O–H groups in total. The number of hydrogen-bond acceptors (Lipinski definition) is 8. The summed E-state index contributed by atoms with van der Waals surface area (Å²) >= 11 is 0. The van der Waals surface area contributed by atoms with Gasteiger partial charge in [-0.2, -0.15) is 5.26 Å². The maximum atomic E-state index is 12.4. The maximum absolute atomic E-state index is 12.4. The molecule has 0 saturated carbocycles. The first-order chi connectivity index (χ1) is 16.1. The van der Waals surface area contributed by atoms with Gasteiger partial charge in [0.2, 0.25) is 0 Å². The van der Waals surface area contributed by atoms with Gasteiger partial charge >= 0.3 is 6.03 Å². The molecule has 2 aliphatic heterocycles. The van der Waals surface area contributed by atoms with Crippen LogP contribution in [0.4, 0.5) is 22.1 Å². The summed E-state index contributed by atoms with van der Waals surface area (Å²) in [6.07, 6.45) is 4.38. The molecule has 0 aliphatic carbocycles. The Morgan fingerprint density at radius 3 is 2.79 bits per heavy atom. The number of nitriles is 1. The zero-order valence-electron chi connectivity index (χ0n) is 18.9. The Hall–Kier alpha value is -3.58. The van der Waals surface area contributed by atoms with E-state index in [0.717, 1.165) is 50.3 Å². The Morgan fingerprint density at radius 1 is 1.27 bits per heavy atom. The number of amides is 2. The van der Waals surface area contributed by atoms with E-state index in [4.69, 9.17) is 15.5 Å². The zero-order chi connectivity index (χ0) is 23.2. The third kappa shape index (κ3) is 5.26. The second kappa shape index (κ2) is 10.4. The lowest BCUT2D eigenvalue weighted by Crippen LogP contribution is -2.49. The summed E-state index contributed by atoms with van der Waals surface area (Å²) in [5.41, 5.74) is 6.51. The van der Waals surface area contributed by atoms with Gasteiger partial charge in [0, 0.05) is 38.9 Å². The van der Waals surface area contributed by atoms with Gasteiger partial charge in [0.05, 0.1) is 18.8 Å². The van der Waals surface area contributed by atoms with Crippen LogP contribution in [0, 0.1) is 11.3 Å². The fourth-order valence-corrected chi connectivity index (χ4v) is 4.17. The first-order valence-corrected chi connectivity index (χ1v) is 11.3. The van der Waals surface area contributed by atoms with E-state index >= 15 is 0 Å². The van der Waals surface area contributed by atoms with Crippen LogP contribution in [0.2, 0.25) is 0 Å². The number of piperidine rings is 1. The minimum Gasteiger partial charge on any atom is -0.494 e. The number of nitrogens with zero attached hydrogens (tertiary/aromatic N) is 6. The Labute approximate surface area is 193 Å². The molecule has 2 fully saturated rings. The largest absolute Gasteiger partial charge is 0.494 e. The van der Waals surface area contributed by atoms with Crippen molar-refractivity contribution in [3.8, 4) is 11.8 Å². The summed E-state index contributed by atoms with van der Waals surface area (Å²) in [7, 11) is 1.84. The number of nitrogens with two attached hydrogens (primary N) is 1. The molecule has 1 aromatic carbocycles. The maximum Gasteiger partial charge on any atom is 0.320 e. The van der Waals surface area contributed by atoms with E-state index in [1.165, 1.54) is 0 Å². The van der Waals surface area contributed by atoms with Crippen molar-refractivity contribution >= 4 is 23.4 Å². The molecule has 2 aromatic rings. The SMILES string of the molecule is CN1CCN(C2CCCN(c3cnc(C#N)c(Nc4ccc(OCCCN)cc4)n3)C2)C1=O. The summed E-state index contributed by atoms with van der Waals surface area (Å²) in [6.45, 7) is 4.22. The highest BCUT2D eigenvalue weighted by atomic mass is 16.5. The molecule has 1 unspecified atom stereocenters. The first kappa shape index (κ1) is 22.6. The number of rotatable bonds is 8. The number of benzene rings is 1. The van der Waals surface area contributed by atoms with Gasteiger partial charge in [-0.15, -0.1) is 0 Å². The average molecular weight is 451 g/mol. The molecule has 2 amide bonds. The fourth-order valence-electron chi connectivity index (χ4n) is 4.17. The number of anilines is 3. The minimum absolute atomic E-state index is 0.0885. The predicted octanol–water partition coefficient (Wildman–Crippen LogP) is 2.16. The molecule has 10 nitrogen and oxygen atoms in total. The van der Waals surface area contributed by atoms with Crippen molar-refractivity contribution in [2.24, 2.45) is 5.73 Å². The summed E-state index contributed by atoms with van der Waals surface area (Å²) in [5, 5.41) is 12.7. The van der Waals surface area contributed by atoms with E-state index < -0.39 is 0 Å². The Balaban J connectivity index is 1.46. The molecule has 2 saturated heterocycles. The van der Waals surface area contributed by atoms with E-state index in [2.05, 4.69) is 21.3 Å². The minimum atomic E-state index is 0.0885. The van der Waals surface area contributed by atoms with Crippen molar-refractivity contribution in [3.63, 3.8) is 0 Å². The van der Waals surface area contributed by atoms with Crippen LogP contribution < -0.4 is 20.7 Å². The molecular weight excluding hydrogens is 420 g/mol. The molecule has 0 radical (unpaired) electrons. The van der Waals surface area contributed by atoms with Crippen LogP contribution in [0.3, 0.4) is 0 Å². The van der Waals surface area contributed by atoms with Crippen LogP contribution in [-0.4, -0.2) is 78.2 Å². The Bertz CT molecular complexity index is 1010. The Morgan fingerprint density at radius 2 is 2.09 bits per heavy atom. The number of urea groups is 1. The molecule has 2 aliphatic rings. The highest BCUT2D eigenvalue weighted by Gasteiger charge is 2.34. The number of nitrogens with one attached hydrogen (secondary N) is 1. The van der Waals surface area contributed by atoms with E-state index in [1.54, 1.807) is 11.1 Å².